The smallest absolute Gasteiger partial charge is 0.227 e. The molecule has 4 fully saturated rings. The van der Waals surface area contributed by atoms with Crippen LogP contribution >= 0.6 is 47.8 Å². The summed E-state index contributed by atoms with van der Waals surface area (Å²) in [4.78, 5) is 35.1. The van der Waals surface area contributed by atoms with E-state index in [0.29, 0.717) is 37.4 Å². The van der Waals surface area contributed by atoms with Gasteiger partial charge in [0.2, 0.25) is 5.91 Å². The van der Waals surface area contributed by atoms with Gasteiger partial charge in [0.25, 0.3) is 0 Å². The molecule has 9 aromatic rings. The Morgan fingerprint density at radius 2 is 1.16 bits per heavy atom. The van der Waals surface area contributed by atoms with Crippen LogP contribution in [0.5, 0.6) is 0 Å². The molecule has 8 aromatic heterocycles. The lowest BCUT2D eigenvalue weighted by atomic mass is 9.85. The van der Waals surface area contributed by atoms with Gasteiger partial charge in [-0.1, -0.05) is 31.0 Å². The third kappa shape index (κ3) is 15.4. The molecule has 0 unspecified atom stereocenters. The number of benzene rings is 1. The zero-order valence-corrected chi connectivity index (χ0v) is 53.0. The first-order valence-corrected chi connectivity index (χ1v) is 32.3. The van der Waals surface area contributed by atoms with E-state index in [1.165, 1.54) is 18.8 Å². The summed E-state index contributed by atoms with van der Waals surface area (Å²) in [5.41, 5.74) is 6.16. The molecule has 13 rings (SSSR count). The van der Waals surface area contributed by atoms with Gasteiger partial charge in [-0.05, 0) is 154 Å². The highest BCUT2D eigenvalue weighted by atomic mass is 79.9. The fourth-order valence-electron chi connectivity index (χ4n) is 11.7. The van der Waals surface area contributed by atoms with Crippen LogP contribution < -0.4 is 41.1 Å². The van der Waals surface area contributed by atoms with Crippen molar-refractivity contribution in [3.05, 3.63) is 145 Å². The molecule has 458 valence electrons. The number of pyridine rings is 2. The van der Waals surface area contributed by atoms with Gasteiger partial charge in [0.15, 0.2) is 29.3 Å². The van der Waals surface area contributed by atoms with Crippen molar-refractivity contribution in [2.45, 2.75) is 121 Å². The van der Waals surface area contributed by atoms with Crippen molar-refractivity contribution in [3.63, 3.8) is 0 Å². The van der Waals surface area contributed by atoms with Crippen LogP contribution in [0.3, 0.4) is 0 Å². The molecule has 10 heterocycles. The van der Waals surface area contributed by atoms with E-state index < -0.39 is 0 Å². The molecular formula is C61H73Br3N18O5. The maximum atomic E-state index is 12.0. The van der Waals surface area contributed by atoms with E-state index in [1.54, 1.807) is 39.9 Å². The zero-order valence-electron chi connectivity index (χ0n) is 48.2. The number of halogens is 3. The van der Waals surface area contributed by atoms with Crippen LogP contribution in [-0.2, 0) is 24.4 Å². The van der Waals surface area contributed by atoms with Gasteiger partial charge in [0.05, 0.1) is 32.0 Å². The molecule has 26 heteroatoms. The molecule has 87 heavy (non-hydrogen) atoms. The van der Waals surface area contributed by atoms with Crippen LogP contribution in [0.1, 0.15) is 100 Å². The van der Waals surface area contributed by atoms with E-state index in [0.717, 1.165) is 177 Å². The molecular weight excluding hydrogens is 1300 g/mol. The van der Waals surface area contributed by atoms with Crippen LogP contribution in [0.25, 0.3) is 16.9 Å². The summed E-state index contributed by atoms with van der Waals surface area (Å²) in [5.74, 6) is 5.65. The molecule has 2 saturated carbocycles. The van der Waals surface area contributed by atoms with E-state index in [-0.39, 0.29) is 43.6 Å². The van der Waals surface area contributed by atoms with Gasteiger partial charge in [0, 0.05) is 130 Å². The average molecular weight is 1380 g/mol. The number of fused-ring (bicyclic) bond motifs is 3. The molecule has 1 aromatic carbocycles. The maximum Gasteiger partial charge on any atom is 0.227 e. The van der Waals surface area contributed by atoms with Gasteiger partial charge in [-0.2, -0.15) is 33.6 Å². The number of carbonyl (C=O) groups is 1. The van der Waals surface area contributed by atoms with Crippen LogP contribution in [-0.4, -0.2) is 121 Å². The van der Waals surface area contributed by atoms with Gasteiger partial charge in [0.1, 0.15) is 34.9 Å². The molecule has 2 aliphatic heterocycles. The highest BCUT2D eigenvalue weighted by Crippen LogP contribution is 2.34. The number of hydrogen-bond donors (Lipinski definition) is 8. The summed E-state index contributed by atoms with van der Waals surface area (Å²) in [7, 11) is 0. The van der Waals surface area contributed by atoms with Crippen molar-refractivity contribution in [1.82, 2.24) is 48.8 Å². The minimum Gasteiger partial charge on any atom is -0.619 e. The lowest BCUT2D eigenvalue weighted by Gasteiger charge is -2.36. The summed E-state index contributed by atoms with van der Waals surface area (Å²) >= 11 is 10.6. The highest BCUT2D eigenvalue weighted by molar-refractivity contribution is 9.11. The fourth-order valence-corrected chi connectivity index (χ4v) is 12.7. The molecule has 2 aliphatic carbocycles. The van der Waals surface area contributed by atoms with Crippen molar-refractivity contribution < 1.29 is 24.8 Å². The first-order valence-electron chi connectivity index (χ1n) is 30.0. The molecule has 23 nitrogen and oxygen atoms in total. The molecule has 0 spiro atoms. The van der Waals surface area contributed by atoms with Crippen LogP contribution in [0.4, 0.5) is 40.6 Å². The number of aromatic nitrogens is 11. The Bertz CT molecular complexity index is 3740. The topological polar surface area (TPSA) is 275 Å². The molecule has 0 bridgehead atoms. The number of amides is 1. The fraction of sp³-hybridized carbons (Fsp3) is 0.426. The number of aliphatic hydroxyl groups is 3. The van der Waals surface area contributed by atoms with Crippen molar-refractivity contribution >= 4 is 111 Å². The SMILES string of the molecule is O=C(Nc1ccc(CNc2cc(N3CCCC[C@H]3CCO)nc3c(Br)cnn23)cc1)C1CC1.OCC[C@@H]1CCCN1c1cc(NCc2cccnc2)n2ncc(Br)c2n1.[O-][n+]1cccc(CNc2cc(N[C@@H]3CCCC[C@@H]3CO)nc3c(Br)cnn23)c1. The average Bonchev–Trinajstić information content (AvgIpc) is 2.03. The monoisotopic (exact) mass is 1370 g/mol. The number of hydrogen-bond acceptors (Lipinski definition) is 18. The van der Waals surface area contributed by atoms with Crippen LogP contribution in [0.2, 0.25) is 0 Å². The van der Waals surface area contributed by atoms with Gasteiger partial charge >= 0.3 is 0 Å². The van der Waals surface area contributed by atoms with E-state index in [2.05, 4.69) is 104 Å². The second-order valence-electron chi connectivity index (χ2n) is 22.5. The number of carbonyl (C=O) groups excluding carboxylic acids is 1. The van der Waals surface area contributed by atoms with Crippen molar-refractivity contribution in [2.24, 2.45) is 11.8 Å². The summed E-state index contributed by atoms with van der Waals surface area (Å²) in [5, 5.41) is 70.1. The Balaban J connectivity index is 0.000000136. The molecule has 4 aliphatic rings. The van der Waals surface area contributed by atoms with Gasteiger partial charge in [-0.15, -0.1) is 0 Å². The lowest BCUT2D eigenvalue weighted by Crippen LogP contribution is -2.40. The van der Waals surface area contributed by atoms with Crippen molar-refractivity contribution in [1.29, 1.82) is 0 Å². The van der Waals surface area contributed by atoms with E-state index in [4.69, 9.17) is 15.0 Å². The van der Waals surface area contributed by atoms with Crippen LogP contribution in [0, 0.1) is 17.0 Å². The quantitative estimate of drug-likeness (QED) is 0.0260. The second-order valence-corrected chi connectivity index (χ2v) is 25.1. The molecule has 1 amide bonds. The Hall–Kier alpha value is -7.23. The van der Waals surface area contributed by atoms with Crippen molar-refractivity contribution in [3.8, 4) is 0 Å². The number of piperidine rings is 1. The molecule has 0 radical (unpaired) electrons. The number of nitrogens with one attached hydrogen (secondary N) is 5. The second kappa shape index (κ2) is 29.2. The first kappa shape index (κ1) is 61.4. The standard InChI is InChI=1S/C24H29BrN6O2.C19H23BrN6O2.C18H21BrN6O/c25-20-15-27-31-21(13-22(29-23(20)31)30-11-2-1-3-19(30)10-12-32)26-14-16-4-8-18(9-5-16)28-24(33)17-6-7-17;20-15-10-22-26-18(21-9-13-4-3-7-25(28)11-13)8-17(24-19(15)26)23-16-6-2-1-5-14(16)12-27;19-15-12-22-25-16(21-11-13-3-1-6-20-10-13)9-17(23-18(15)25)24-7-2-4-14(24)5-8-26/h4-5,8-9,13,15,17,19,26,32H,1-3,6-7,10-12,14H2,(H,28,33);3-4,7-8,10-11,14,16,21,27H,1-2,5-6,9,12H2,(H,23,24);1,3,6,9-10,12,14,21,26H,2,4-5,7-8,11H2/t19-;14-,16-;14-/m010/s1. The Kier molecular flexibility index (Phi) is 20.6. The molecule has 8 N–H and O–H groups in total. The van der Waals surface area contributed by atoms with E-state index in [9.17, 15) is 25.3 Å². The zero-order chi connectivity index (χ0) is 60.2. The van der Waals surface area contributed by atoms with Gasteiger partial charge < -0.3 is 56.9 Å². The predicted molar refractivity (Wildman–Crippen MR) is 347 cm³/mol. The largest absolute Gasteiger partial charge is 0.619 e. The Labute approximate surface area is 529 Å². The number of anilines is 7. The maximum absolute atomic E-state index is 12.0. The number of rotatable bonds is 20. The third-order valence-corrected chi connectivity index (χ3v) is 18.1. The van der Waals surface area contributed by atoms with Gasteiger partial charge in [-0.25, -0.2) is 15.0 Å². The normalized spacial score (nSPS) is 18.5. The first-order chi connectivity index (χ1) is 42.5. The highest BCUT2D eigenvalue weighted by Gasteiger charge is 2.31. The number of aliphatic hydroxyl groups excluding tert-OH is 3. The molecule has 2 saturated heterocycles. The summed E-state index contributed by atoms with van der Waals surface area (Å²) < 4.78 is 8.64. The van der Waals surface area contributed by atoms with Gasteiger partial charge in [-0.3, -0.25) is 9.78 Å². The summed E-state index contributed by atoms with van der Waals surface area (Å²) in [6.07, 6.45) is 25.3. The summed E-state index contributed by atoms with van der Waals surface area (Å²) in [6, 6.07) is 22.4. The Morgan fingerprint density at radius 3 is 1.75 bits per heavy atom. The predicted octanol–water partition coefficient (Wildman–Crippen LogP) is 9.74. The van der Waals surface area contributed by atoms with E-state index >= 15 is 0 Å². The lowest BCUT2D eigenvalue weighted by molar-refractivity contribution is -0.605. The molecule has 4 atom stereocenters. The minimum absolute atomic E-state index is 0.119. The third-order valence-electron chi connectivity index (χ3n) is 16.4. The van der Waals surface area contributed by atoms with E-state index in [1.807, 2.05) is 71.4 Å². The summed E-state index contributed by atoms with van der Waals surface area (Å²) in [6.45, 7) is 4.23. The van der Waals surface area contributed by atoms with Crippen molar-refractivity contribution in [2.75, 3.05) is 69.3 Å². The van der Waals surface area contributed by atoms with Crippen LogP contribution in [0.15, 0.2) is 124 Å². The minimum atomic E-state index is 0.119. The number of nitrogens with zero attached hydrogens (tertiary/aromatic N) is 13. The Morgan fingerprint density at radius 1 is 0.609 bits per heavy atom.